The number of aryl methyl sites for hydroxylation is 1. The van der Waals surface area contributed by atoms with E-state index in [0.717, 1.165) is 34.9 Å². The second-order valence-electron chi connectivity index (χ2n) is 7.44. The molecule has 2 aliphatic rings. The zero-order valence-corrected chi connectivity index (χ0v) is 17.6. The number of nitrogens with zero attached hydrogens (tertiary/aromatic N) is 3. The Hall–Kier alpha value is -1.38. The van der Waals surface area contributed by atoms with E-state index in [2.05, 4.69) is 43.6 Å². The monoisotopic (exact) mass is 453 g/mol. The molecule has 2 saturated heterocycles. The van der Waals surface area contributed by atoms with Crippen LogP contribution >= 0.6 is 15.9 Å². The summed E-state index contributed by atoms with van der Waals surface area (Å²) >= 11 is 3.48. The van der Waals surface area contributed by atoms with Crippen molar-refractivity contribution in [2.24, 2.45) is 0 Å². The summed E-state index contributed by atoms with van der Waals surface area (Å²) in [6, 6.07) is 8.37. The molecule has 6 nitrogen and oxygen atoms in total. The average molecular weight is 454 g/mol. The molecule has 1 unspecified atom stereocenters. The van der Waals surface area contributed by atoms with Crippen molar-refractivity contribution in [2.45, 2.75) is 25.4 Å². The highest BCUT2D eigenvalue weighted by atomic mass is 79.9. The van der Waals surface area contributed by atoms with Crippen LogP contribution in [0.2, 0.25) is 0 Å². The second-order valence-corrected chi connectivity index (χ2v) is 10.6. The zero-order valence-electron chi connectivity index (χ0n) is 15.2. The van der Waals surface area contributed by atoms with Gasteiger partial charge in [0.05, 0.1) is 11.5 Å². The van der Waals surface area contributed by atoms with E-state index in [0.29, 0.717) is 31.8 Å². The highest BCUT2D eigenvalue weighted by Gasteiger charge is 2.34. The van der Waals surface area contributed by atoms with Crippen LogP contribution in [0.5, 0.6) is 0 Å². The first-order valence-electron chi connectivity index (χ1n) is 9.38. The largest absolute Gasteiger partial charge is 0.347 e. The standard InChI is InChI=1S/C19H24BrN3O3S/c20-16-1-2-18-15(13-16)3-6-22(18)7-4-19(24)23-10-8-21(9-11-23)17-5-12-27(25,26)14-17/h1-3,6,13,17H,4-5,7-12,14H2. The molecule has 1 atom stereocenters. The van der Waals surface area contributed by atoms with E-state index >= 15 is 0 Å². The van der Waals surface area contributed by atoms with Crippen molar-refractivity contribution in [1.82, 2.24) is 14.4 Å². The smallest absolute Gasteiger partial charge is 0.224 e. The van der Waals surface area contributed by atoms with Gasteiger partial charge in [0, 0.05) is 66.8 Å². The third-order valence-corrected chi connectivity index (χ3v) is 7.93. The minimum absolute atomic E-state index is 0.137. The van der Waals surface area contributed by atoms with Gasteiger partial charge in [0.25, 0.3) is 0 Å². The first-order chi connectivity index (χ1) is 12.9. The second kappa shape index (κ2) is 7.56. The maximum atomic E-state index is 12.6. The van der Waals surface area contributed by atoms with Crippen molar-refractivity contribution < 1.29 is 13.2 Å². The molecule has 0 spiro atoms. The molecule has 0 radical (unpaired) electrons. The number of benzene rings is 1. The van der Waals surface area contributed by atoms with Crippen molar-refractivity contribution in [1.29, 1.82) is 0 Å². The van der Waals surface area contributed by atoms with Crippen molar-refractivity contribution in [3.63, 3.8) is 0 Å². The first-order valence-corrected chi connectivity index (χ1v) is 12.0. The lowest BCUT2D eigenvalue weighted by Crippen LogP contribution is -2.52. The summed E-state index contributed by atoms with van der Waals surface area (Å²) in [5.41, 5.74) is 1.14. The summed E-state index contributed by atoms with van der Waals surface area (Å²) in [4.78, 5) is 16.8. The van der Waals surface area contributed by atoms with Gasteiger partial charge in [-0.2, -0.15) is 0 Å². The van der Waals surface area contributed by atoms with Crippen molar-refractivity contribution in [2.75, 3.05) is 37.7 Å². The van der Waals surface area contributed by atoms with E-state index in [-0.39, 0.29) is 17.7 Å². The zero-order chi connectivity index (χ0) is 19.0. The van der Waals surface area contributed by atoms with Crippen LogP contribution in [-0.2, 0) is 21.2 Å². The summed E-state index contributed by atoms with van der Waals surface area (Å²) in [5.74, 6) is 0.753. The Morgan fingerprint density at radius 1 is 1.15 bits per heavy atom. The number of piperazine rings is 1. The lowest BCUT2D eigenvalue weighted by Gasteiger charge is -2.37. The lowest BCUT2D eigenvalue weighted by atomic mass is 10.2. The number of hydrogen-bond donors (Lipinski definition) is 0. The molecule has 8 heteroatoms. The van der Waals surface area contributed by atoms with Crippen LogP contribution in [0.15, 0.2) is 34.9 Å². The Kier molecular flexibility index (Phi) is 5.31. The molecule has 2 fully saturated rings. The number of rotatable bonds is 4. The number of carbonyl (C=O) groups is 1. The number of halogens is 1. The summed E-state index contributed by atoms with van der Waals surface area (Å²) in [5, 5.41) is 1.16. The Labute approximate surface area is 168 Å². The molecule has 2 aromatic rings. The van der Waals surface area contributed by atoms with Gasteiger partial charge in [-0.25, -0.2) is 8.42 Å². The van der Waals surface area contributed by atoms with E-state index in [1.807, 2.05) is 17.2 Å². The minimum Gasteiger partial charge on any atom is -0.347 e. The minimum atomic E-state index is -2.86. The fourth-order valence-electron chi connectivity index (χ4n) is 4.14. The van der Waals surface area contributed by atoms with Gasteiger partial charge in [0.2, 0.25) is 5.91 Å². The molecule has 1 amide bonds. The van der Waals surface area contributed by atoms with Gasteiger partial charge in [0.15, 0.2) is 9.84 Å². The van der Waals surface area contributed by atoms with E-state index < -0.39 is 9.84 Å². The van der Waals surface area contributed by atoms with Crippen LogP contribution in [0.3, 0.4) is 0 Å². The van der Waals surface area contributed by atoms with Gasteiger partial charge >= 0.3 is 0 Å². The molecule has 0 bridgehead atoms. The Balaban J connectivity index is 1.29. The summed E-state index contributed by atoms with van der Waals surface area (Å²) in [6.45, 7) is 3.59. The van der Waals surface area contributed by atoms with Crippen LogP contribution in [-0.4, -0.2) is 72.4 Å². The molecule has 146 valence electrons. The number of carbonyl (C=O) groups excluding carboxylic acids is 1. The highest BCUT2D eigenvalue weighted by molar-refractivity contribution is 9.10. The fourth-order valence-corrected chi connectivity index (χ4v) is 6.28. The van der Waals surface area contributed by atoms with E-state index in [1.165, 1.54) is 0 Å². The van der Waals surface area contributed by atoms with Crippen LogP contribution in [0, 0.1) is 0 Å². The predicted octanol–water partition coefficient (Wildman–Crippen LogP) is 2.13. The fraction of sp³-hybridized carbons (Fsp3) is 0.526. The number of fused-ring (bicyclic) bond motifs is 1. The maximum absolute atomic E-state index is 12.6. The van der Waals surface area contributed by atoms with E-state index in [1.54, 1.807) is 0 Å². The first kappa shape index (κ1) is 19.0. The van der Waals surface area contributed by atoms with Gasteiger partial charge < -0.3 is 9.47 Å². The van der Waals surface area contributed by atoms with Gasteiger partial charge in [0.1, 0.15) is 0 Å². The number of hydrogen-bond acceptors (Lipinski definition) is 4. The maximum Gasteiger partial charge on any atom is 0.224 e. The van der Waals surface area contributed by atoms with Crippen molar-refractivity contribution in [3.05, 3.63) is 34.9 Å². The van der Waals surface area contributed by atoms with Crippen molar-refractivity contribution in [3.8, 4) is 0 Å². The van der Waals surface area contributed by atoms with Crippen LogP contribution in [0.25, 0.3) is 10.9 Å². The molecule has 4 rings (SSSR count). The molecule has 0 saturated carbocycles. The molecule has 0 aliphatic carbocycles. The Morgan fingerprint density at radius 2 is 1.93 bits per heavy atom. The molecular weight excluding hydrogens is 430 g/mol. The molecule has 1 aromatic carbocycles. The predicted molar refractivity (Wildman–Crippen MR) is 109 cm³/mol. The van der Waals surface area contributed by atoms with Gasteiger partial charge in [-0.05, 0) is 30.7 Å². The Bertz CT molecular complexity index is 948. The highest BCUT2D eigenvalue weighted by Crippen LogP contribution is 2.22. The molecule has 3 heterocycles. The van der Waals surface area contributed by atoms with Gasteiger partial charge in [-0.1, -0.05) is 15.9 Å². The van der Waals surface area contributed by atoms with E-state index in [9.17, 15) is 13.2 Å². The summed E-state index contributed by atoms with van der Waals surface area (Å²) < 4.78 is 26.5. The van der Waals surface area contributed by atoms with Crippen molar-refractivity contribution >= 4 is 42.6 Å². The van der Waals surface area contributed by atoms with E-state index in [4.69, 9.17) is 0 Å². The van der Waals surface area contributed by atoms with Crippen LogP contribution in [0.1, 0.15) is 12.8 Å². The summed E-state index contributed by atoms with van der Waals surface area (Å²) in [6.07, 6.45) is 3.24. The normalized spacial score (nSPS) is 23.1. The Morgan fingerprint density at radius 3 is 2.63 bits per heavy atom. The molecule has 1 aromatic heterocycles. The molecule has 27 heavy (non-hydrogen) atoms. The molecular formula is C19H24BrN3O3S. The molecule has 2 aliphatic heterocycles. The SMILES string of the molecule is O=C(CCn1ccc2cc(Br)ccc21)N1CCN(C2CCS(=O)(=O)C2)CC1. The number of amides is 1. The topological polar surface area (TPSA) is 62.6 Å². The summed E-state index contributed by atoms with van der Waals surface area (Å²) in [7, 11) is -2.86. The van der Waals surface area contributed by atoms with Gasteiger partial charge in [-0.15, -0.1) is 0 Å². The molecule has 0 N–H and O–H groups in total. The quantitative estimate of drug-likeness (QED) is 0.710. The van der Waals surface area contributed by atoms with Gasteiger partial charge in [-0.3, -0.25) is 9.69 Å². The third kappa shape index (κ3) is 4.22. The lowest BCUT2D eigenvalue weighted by molar-refractivity contribution is -0.133. The average Bonchev–Trinajstić information content (AvgIpc) is 3.22. The van der Waals surface area contributed by atoms with Crippen LogP contribution < -0.4 is 0 Å². The number of sulfone groups is 1. The number of aromatic nitrogens is 1. The van der Waals surface area contributed by atoms with Crippen LogP contribution in [0.4, 0.5) is 0 Å². The third-order valence-electron chi connectivity index (χ3n) is 5.69.